The summed E-state index contributed by atoms with van der Waals surface area (Å²) >= 11 is 6.23. The smallest absolute Gasteiger partial charge is 0.241 e. The molecule has 0 saturated carbocycles. The number of anilines is 2. The molecular weight excluding hydrogens is 250 g/mol. The van der Waals surface area contributed by atoms with Crippen molar-refractivity contribution in [2.75, 3.05) is 37.8 Å². The van der Waals surface area contributed by atoms with Crippen LogP contribution in [-0.2, 0) is 11.2 Å². The Morgan fingerprint density at radius 1 is 1.56 bits per heavy atom. The van der Waals surface area contributed by atoms with E-state index in [0.717, 1.165) is 23.2 Å². The first-order chi connectivity index (χ1) is 8.41. The lowest BCUT2D eigenvalue weighted by Gasteiger charge is -2.21. The summed E-state index contributed by atoms with van der Waals surface area (Å²) in [5.74, 6) is 0.0739. The lowest BCUT2D eigenvalue weighted by molar-refractivity contribution is -0.119. The molecule has 18 heavy (non-hydrogen) atoms. The van der Waals surface area contributed by atoms with Crippen LogP contribution in [0.2, 0.25) is 5.02 Å². The number of benzene rings is 1. The number of carbonyl (C=O) groups excluding carboxylic acids is 1. The molecule has 0 atom stereocenters. The van der Waals surface area contributed by atoms with Crippen molar-refractivity contribution < 1.29 is 4.79 Å². The van der Waals surface area contributed by atoms with Crippen molar-refractivity contribution in [1.29, 1.82) is 0 Å². The van der Waals surface area contributed by atoms with E-state index in [-0.39, 0.29) is 5.91 Å². The second-order valence-electron chi connectivity index (χ2n) is 4.93. The lowest BCUT2D eigenvalue weighted by atomic mass is 10.0. The Kier molecular flexibility index (Phi) is 3.50. The molecule has 5 heteroatoms. The number of likely N-dealkylation sites (N-methyl/N-ethyl adjacent to an activating group) is 1. The maximum Gasteiger partial charge on any atom is 0.241 e. The number of amides is 1. The van der Waals surface area contributed by atoms with Crippen LogP contribution in [0.3, 0.4) is 0 Å². The average Bonchev–Trinajstić information content (AvgIpc) is 2.70. The number of rotatable bonds is 2. The molecule has 2 N–H and O–H groups in total. The molecule has 0 unspecified atom stereocenters. The zero-order valence-electron chi connectivity index (χ0n) is 11.0. The van der Waals surface area contributed by atoms with Crippen molar-refractivity contribution in [1.82, 2.24) is 4.90 Å². The zero-order chi connectivity index (χ0) is 13.4. The van der Waals surface area contributed by atoms with E-state index in [9.17, 15) is 4.79 Å². The Hall–Kier alpha value is -1.26. The van der Waals surface area contributed by atoms with Gasteiger partial charge < -0.3 is 15.5 Å². The summed E-state index contributed by atoms with van der Waals surface area (Å²) in [5.41, 5.74) is 9.58. The summed E-state index contributed by atoms with van der Waals surface area (Å²) < 4.78 is 0. The molecule has 0 aliphatic carbocycles. The quantitative estimate of drug-likeness (QED) is 0.830. The predicted octanol–water partition coefficient (Wildman–Crippen LogP) is 1.68. The van der Waals surface area contributed by atoms with Crippen LogP contribution in [0.4, 0.5) is 11.4 Å². The molecule has 1 aliphatic rings. The van der Waals surface area contributed by atoms with Crippen LogP contribution < -0.4 is 10.6 Å². The fraction of sp³-hybridized carbons (Fsp3) is 0.462. The number of nitrogens with zero attached hydrogens (tertiary/aromatic N) is 2. The molecule has 1 amide bonds. The van der Waals surface area contributed by atoms with Gasteiger partial charge in [-0.25, -0.2) is 0 Å². The van der Waals surface area contributed by atoms with Crippen LogP contribution in [0.15, 0.2) is 6.07 Å². The standard InChI is InChI=1S/C13H18ClN3O/c1-8-9-4-5-17(12(18)7-16(2)3)13(9)10(14)6-11(8)15/h6H,4-5,7,15H2,1-3H3. The van der Waals surface area contributed by atoms with E-state index in [1.807, 2.05) is 25.9 Å². The minimum atomic E-state index is 0.0739. The number of nitrogen functional groups attached to an aromatic ring is 1. The van der Waals surface area contributed by atoms with Gasteiger partial charge in [-0.15, -0.1) is 0 Å². The number of carbonyl (C=O) groups is 1. The topological polar surface area (TPSA) is 49.6 Å². The van der Waals surface area contributed by atoms with Crippen LogP contribution in [0.5, 0.6) is 0 Å². The minimum absolute atomic E-state index is 0.0739. The van der Waals surface area contributed by atoms with Gasteiger partial charge in [0.2, 0.25) is 5.91 Å². The summed E-state index contributed by atoms with van der Waals surface area (Å²) in [6.45, 7) is 3.05. The van der Waals surface area contributed by atoms with Gasteiger partial charge in [-0.2, -0.15) is 0 Å². The summed E-state index contributed by atoms with van der Waals surface area (Å²) in [4.78, 5) is 15.8. The third-order valence-corrected chi connectivity index (χ3v) is 3.58. The Bertz CT molecular complexity index is 499. The predicted molar refractivity (Wildman–Crippen MR) is 75.2 cm³/mol. The molecule has 0 spiro atoms. The van der Waals surface area contributed by atoms with E-state index < -0.39 is 0 Å². The number of halogens is 1. The Balaban J connectivity index is 2.39. The van der Waals surface area contributed by atoms with Crippen molar-refractivity contribution in [3.8, 4) is 0 Å². The molecule has 1 heterocycles. The first-order valence-electron chi connectivity index (χ1n) is 5.94. The highest BCUT2D eigenvalue weighted by Gasteiger charge is 2.29. The van der Waals surface area contributed by atoms with Gasteiger partial charge in [0.15, 0.2) is 0 Å². The zero-order valence-corrected chi connectivity index (χ0v) is 11.7. The molecule has 98 valence electrons. The van der Waals surface area contributed by atoms with Crippen LogP contribution in [0.1, 0.15) is 11.1 Å². The van der Waals surface area contributed by atoms with E-state index in [1.54, 1.807) is 11.0 Å². The third-order valence-electron chi connectivity index (χ3n) is 3.29. The van der Waals surface area contributed by atoms with Gasteiger partial charge in [0, 0.05) is 12.2 Å². The number of nitrogens with two attached hydrogens (primary N) is 1. The molecule has 1 aliphatic heterocycles. The maximum atomic E-state index is 12.2. The second kappa shape index (κ2) is 4.78. The summed E-state index contributed by atoms with van der Waals surface area (Å²) in [6, 6.07) is 1.73. The van der Waals surface area contributed by atoms with Gasteiger partial charge >= 0.3 is 0 Å². The maximum absolute atomic E-state index is 12.2. The number of hydrogen-bond acceptors (Lipinski definition) is 3. The molecule has 2 rings (SSSR count). The van der Waals surface area contributed by atoms with Crippen LogP contribution in [0, 0.1) is 6.92 Å². The molecule has 1 aromatic rings. The summed E-state index contributed by atoms with van der Waals surface area (Å²) in [6.07, 6.45) is 0.824. The van der Waals surface area contributed by atoms with Gasteiger partial charge in [-0.3, -0.25) is 4.79 Å². The van der Waals surface area contributed by atoms with Crippen molar-refractivity contribution in [2.45, 2.75) is 13.3 Å². The highest BCUT2D eigenvalue weighted by molar-refractivity contribution is 6.34. The third kappa shape index (κ3) is 2.18. The average molecular weight is 268 g/mol. The van der Waals surface area contributed by atoms with E-state index in [0.29, 0.717) is 23.8 Å². The van der Waals surface area contributed by atoms with Gasteiger partial charge in [-0.1, -0.05) is 11.6 Å². The molecular formula is C13H18ClN3O. The molecule has 4 nitrogen and oxygen atoms in total. The Morgan fingerprint density at radius 3 is 2.83 bits per heavy atom. The van der Waals surface area contributed by atoms with Crippen molar-refractivity contribution in [3.63, 3.8) is 0 Å². The number of fused-ring (bicyclic) bond motifs is 1. The van der Waals surface area contributed by atoms with Crippen LogP contribution in [0.25, 0.3) is 0 Å². The molecule has 0 saturated heterocycles. The van der Waals surface area contributed by atoms with Gasteiger partial charge in [0.05, 0.1) is 17.3 Å². The first kappa shape index (κ1) is 13.2. The first-order valence-corrected chi connectivity index (χ1v) is 6.32. The van der Waals surface area contributed by atoms with Crippen molar-refractivity contribution >= 4 is 28.9 Å². The van der Waals surface area contributed by atoms with Crippen molar-refractivity contribution in [3.05, 3.63) is 22.2 Å². The van der Waals surface area contributed by atoms with Crippen molar-refractivity contribution in [2.24, 2.45) is 0 Å². The van der Waals surface area contributed by atoms with E-state index >= 15 is 0 Å². The summed E-state index contributed by atoms with van der Waals surface area (Å²) in [7, 11) is 3.76. The van der Waals surface area contributed by atoms with E-state index in [2.05, 4.69) is 0 Å². The monoisotopic (exact) mass is 267 g/mol. The van der Waals surface area contributed by atoms with E-state index in [1.165, 1.54) is 0 Å². The fourth-order valence-electron chi connectivity index (χ4n) is 2.35. The van der Waals surface area contributed by atoms with Gasteiger partial charge in [-0.05, 0) is 44.6 Å². The highest BCUT2D eigenvalue weighted by atomic mass is 35.5. The minimum Gasteiger partial charge on any atom is -0.398 e. The fourth-order valence-corrected chi connectivity index (χ4v) is 2.68. The van der Waals surface area contributed by atoms with Gasteiger partial charge in [0.1, 0.15) is 0 Å². The van der Waals surface area contributed by atoms with Crippen LogP contribution >= 0.6 is 11.6 Å². The van der Waals surface area contributed by atoms with Gasteiger partial charge in [0.25, 0.3) is 0 Å². The van der Waals surface area contributed by atoms with E-state index in [4.69, 9.17) is 17.3 Å². The number of hydrogen-bond donors (Lipinski definition) is 1. The largest absolute Gasteiger partial charge is 0.398 e. The van der Waals surface area contributed by atoms with Crippen LogP contribution in [-0.4, -0.2) is 38.0 Å². The normalized spacial score (nSPS) is 14.2. The molecule has 0 bridgehead atoms. The second-order valence-corrected chi connectivity index (χ2v) is 5.34. The highest BCUT2D eigenvalue weighted by Crippen LogP contribution is 2.39. The molecule has 0 fully saturated rings. The molecule has 1 aromatic carbocycles. The summed E-state index contributed by atoms with van der Waals surface area (Å²) in [5, 5.41) is 0.567. The Morgan fingerprint density at radius 2 is 2.22 bits per heavy atom. The Labute approximate surface area is 112 Å². The molecule has 0 aromatic heterocycles. The molecule has 0 radical (unpaired) electrons. The SMILES string of the molecule is Cc1c(N)cc(Cl)c2c1CCN2C(=O)CN(C)C. The lowest BCUT2D eigenvalue weighted by Crippen LogP contribution is -2.36.